The second-order valence-corrected chi connectivity index (χ2v) is 15.0. The Bertz CT molecular complexity index is 1690. The lowest BCUT2D eigenvalue weighted by Crippen LogP contribution is -2.32. The number of hydrogen-bond acceptors (Lipinski definition) is 2. The average Bonchev–Trinajstić information content (AvgIpc) is 3.26. The Balaban J connectivity index is 1.70. The van der Waals surface area contributed by atoms with Gasteiger partial charge in [-0.05, 0) is 81.0 Å². The van der Waals surface area contributed by atoms with Gasteiger partial charge in [0.25, 0.3) is 0 Å². The molecule has 0 unspecified atom stereocenters. The van der Waals surface area contributed by atoms with Crippen LogP contribution in [0.4, 0.5) is 0 Å². The third-order valence-corrected chi connectivity index (χ3v) is 9.54. The normalized spacial score (nSPS) is 13.7. The van der Waals surface area contributed by atoms with E-state index in [0.717, 1.165) is 12.8 Å². The summed E-state index contributed by atoms with van der Waals surface area (Å²) in [6.45, 7) is 16.4. The number of fused-ring (bicyclic) bond motifs is 5. The lowest BCUT2D eigenvalue weighted by Gasteiger charge is -2.27. The first-order valence-electron chi connectivity index (χ1n) is 13.0. The van der Waals surface area contributed by atoms with Crippen LogP contribution in [0.1, 0.15) is 58.2 Å². The van der Waals surface area contributed by atoms with Crippen LogP contribution in [0.25, 0.3) is 42.9 Å². The summed E-state index contributed by atoms with van der Waals surface area (Å²) >= 11 is 3.92. The number of pyridine rings is 1. The Hall–Kier alpha value is -2.36. The lowest BCUT2D eigenvalue weighted by molar-refractivity contribution is -0.659. The van der Waals surface area contributed by atoms with E-state index < -0.39 is 0 Å². The summed E-state index contributed by atoms with van der Waals surface area (Å²) in [5.41, 5.74) is 7.68. The molecule has 3 aromatic carbocycles. The molecule has 5 aromatic rings. The standard InChI is InChI=1S/C33H36NS2/c1-19-22-12-14-35-30(22)25(18-33(5,6)7)31-27(19)29-28-24(11-13-34(29)8)23-10-9-20(17-32(2,3)4)15-21(23)16-26(28)36-31/h9-16H,17-18H2,1-8H3/q+1. The molecule has 0 spiro atoms. The Labute approximate surface area is 223 Å². The second-order valence-electron chi connectivity index (χ2n) is 13.0. The van der Waals surface area contributed by atoms with Crippen LogP contribution in [0.3, 0.4) is 0 Å². The molecule has 3 heteroatoms. The van der Waals surface area contributed by atoms with E-state index in [0.29, 0.717) is 0 Å². The van der Waals surface area contributed by atoms with Crippen molar-refractivity contribution in [2.45, 2.75) is 71.1 Å². The van der Waals surface area contributed by atoms with Crippen molar-refractivity contribution in [1.82, 2.24) is 0 Å². The zero-order valence-corrected chi connectivity index (χ0v) is 24.4. The van der Waals surface area contributed by atoms with Crippen LogP contribution >= 0.6 is 23.1 Å². The number of hydrogen-bond donors (Lipinski definition) is 0. The van der Waals surface area contributed by atoms with Gasteiger partial charge in [0.15, 0.2) is 6.20 Å². The predicted octanol–water partition coefficient (Wildman–Crippen LogP) is 9.65. The van der Waals surface area contributed by atoms with Gasteiger partial charge in [-0.1, -0.05) is 71.5 Å². The number of thiophene rings is 1. The van der Waals surface area contributed by atoms with Gasteiger partial charge in [-0.3, -0.25) is 0 Å². The molecule has 1 nitrogen and oxygen atoms in total. The van der Waals surface area contributed by atoms with E-state index in [4.69, 9.17) is 0 Å². The number of aromatic nitrogens is 1. The van der Waals surface area contributed by atoms with E-state index in [1.54, 1.807) is 0 Å². The highest BCUT2D eigenvalue weighted by atomic mass is 32.2. The molecule has 6 rings (SSSR count). The van der Waals surface area contributed by atoms with Crippen molar-refractivity contribution >= 4 is 54.7 Å². The van der Waals surface area contributed by atoms with E-state index in [1.807, 2.05) is 23.1 Å². The van der Waals surface area contributed by atoms with Gasteiger partial charge in [0.05, 0.1) is 10.9 Å². The van der Waals surface area contributed by atoms with Crippen molar-refractivity contribution in [2.24, 2.45) is 17.9 Å². The summed E-state index contributed by atoms with van der Waals surface area (Å²) in [4.78, 5) is 2.87. The Morgan fingerprint density at radius 1 is 0.833 bits per heavy atom. The minimum absolute atomic E-state index is 0.222. The topological polar surface area (TPSA) is 3.88 Å². The SMILES string of the molecule is Cc1c2c(c(CC(C)(C)C)c3sccc13)Sc1cc3cc(CC(C)(C)C)ccc3c3cc[n+](C)c-2c13. The zero-order chi connectivity index (χ0) is 25.6. The summed E-state index contributed by atoms with van der Waals surface area (Å²) in [7, 11) is 2.22. The molecule has 0 saturated carbocycles. The van der Waals surface area contributed by atoms with Crippen LogP contribution in [-0.2, 0) is 19.9 Å². The molecule has 36 heavy (non-hydrogen) atoms. The molecule has 1 aliphatic heterocycles. The Morgan fingerprint density at radius 3 is 2.31 bits per heavy atom. The highest BCUT2D eigenvalue weighted by Crippen LogP contribution is 2.54. The van der Waals surface area contributed by atoms with Gasteiger partial charge < -0.3 is 0 Å². The molecule has 0 aliphatic carbocycles. The monoisotopic (exact) mass is 510 g/mol. The molecule has 3 heterocycles. The Morgan fingerprint density at radius 2 is 1.58 bits per heavy atom. The van der Waals surface area contributed by atoms with Crippen LogP contribution in [0, 0.1) is 17.8 Å². The molecule has 0 bridgehead atoms. The van der Waals surface area contributed by atoms with E-state index in [1.165, 1.54) is 69.4 Å². The number of benzene rings is 3. The maximum Gasteiger partial charge on any atom is 0.222 e. The van der Waals surface area contributed by atoms with E-state index in [9.17, 15) is 0 Å². The second kappa shape index (κ2) is 8.07. The number of aryl methyl sites for hydroxylation is 2. The summed E-state index contributed by atoms with van der Waals surface area (Å²) in [5, 5.41) is 9.21. The minimum Gasteiger partial charge on any atom is -0.200 e. The number of rotatable bonds is 2. The highest BCUT2D eigenvalue weighted by Gasteiger charge is 2.33. The predicted molar refractivity (Wildman–Crippen MR) is 159 cm³/mol. The zero-order valence-electron chi connectivity index (χ0n) is 22.8. The number of nitrogens with zero attached hydrogens (tertiary/aromatic N) is 1. The van der Waals surface area contributed by atoms with Crippen LogP contribution in [0.15, 0.2) is 57.8 Å². The van der Waals surface area contributed by atoms with Crippen LogP contribution in [0.2, 0.25) is 0 Å². The fourth-order valence-electron chi connectivity index (χ4n) is 6.01. The largest absolute Gasteiger partial charge is 0.222 e. The third-order valence-electron chi connectivity index (χ3n) is 7.37. The van der Waals surface area contributed by atoms with Crippen LogP contribution < -0.4 is 4.57 Å². The van der Waals surface area contributed by atoms with Gasteiger partial charge in [0.1, 0.15) is 7.05 Å². The smallest absolute Gasteiger partial charge is 0.200 e. The minimum atomic E-state index is 0.222. The van der Waals surface area contributed by atoms with Crippen molar-refractivity contribution in [3.05, 3.63) is 64.7 Å². The van der Waals surface area contributed by atoms with Gasteiger partial charge in [-0.15, -0.1) is 11.3 Å². The first-order chi connectivity index (χ1) is 16.9. The van der Waals surface area contributed by atoms with Crippen molar-refractivity contribution in [3.63, 3.8) is 0 Å². The van der Waals surface area contributed by atoms with Gasteiger partial charge in [0.2, 0.25) is 5.69 Å². The van der Waals surface area contributed by atoms with E-state index >= 15 is 0 Å². The third kappa shape index (κ3) is 3.87. The lowest BCUT2D eigenvalue weighted by atomic mass is 9.85. The molecule has 0 amide bonds. The molecule has 0 atom stereocenters. The quantitative estimate of drug-likeness (QED) is 0.166. The molecule has 184 valence electrons. The fourth-order valence-corrected chi connectivity index (χ4v) is 8.45. The van der Waals surface area contributed by atoms with Crippen molar-refractivity contribution in [1.29, 1.82) is 0 Å². The molecule has 2 aromatic heterocycles. The molecule has 0 fully saturated rings. The first-order valence-corrected chi connectivity index (χ1v) is 14.7. The molecular weight excluding hydrogens is 475 g/mol. The summed E-state index contributed by atoms with van der Waals surface area (Å²) in [6, 6.07) is 14.3. The van der Waals surface area contributed by atoms with Gasteiger partial charge in [-0.25, -0.2) is 4.57 Å². The summed E-state index contributed by atoms with van der Waals surface area (Å²) in [5.74, 6) is 0. The fraction of sp³-hybridized carbons (Fsp3) is 0.364. The van der Waals surface area contributed by atoms with Crippen molar-refractivity contribution < 1.29 is 4.57 Å². The highest BCUT2D eigenvalue weighted by molar-refractivity contribution is 8.00. The summed E-state index contributed by atoms with van der Waals surface area (Å²) < 4.78 is 3.83. The van der Waals surface area contributed by atoms with E-state index in [2.05, 4.69) is 108 Å². The van der Waals surface area contributed by atoms with Crippen molar-refractivity contribution in [3.8, 4) is 11.3 Å². The maximum atomic E-state index is 2.47. The van der Waals surface area contributed by atoms with Gasteiger partial charge >= 0.3 is 0 Å². The molecule has 0 saturated heterocycles. The van der Waals surface area contributed by atoms with Crippen LogP contribution in [-0.4, -0.2) is 0 Å². The molecule has 0 radical (unpaired) electrons. The first kappa shape index (κ1) is 24.0. The van der Waals surface area contributed by atoms with Crippen molar-refractivity contribution in [2.75, 3.05) is 0 Å². The molecule has 0 N–H and O–H groups in total. The Kier molecular flexibility index (Phi) is 5.38. The molecular formula is C33H36NS2+. The van der Waals surface area contributed by atoms with Crippen LogP contribution in [0.5, 0.6) is 0 Å². The van der Waals surface area contributed by atoms with Gasteiger partial charge in [0, 0.05) is 25.9 Å². The molecule has 1 aliphatic rings. The average molecular weight is 511 g/mol. The van der Waals surface area contributed by atoms with Gasteiger partial charge in [-0.2, -0.15) is 0 Å². The maximum absolute atomic E-state index is 2.47. The van der Waals surface area contributed by atoms with E-state index in [-0.39, 0.29) is 10.8 Å². The summed E-state index contributed by atoms with van der Waals surface area (Å²) in [6.07, 6.45) is 4.44.